The second kappa shape index (κ2) is 7.03. The molecule has 0 spiro atoms. The molecular weight excluding hydrogens is 358 g/mol. The van der Waals surface area contributed by atoms with Crippen molar-refractivity contribution in [2.45, 2.75) is 6.92 Å². The molecule has 2 aromatic heterocycles. The fourth-order valence-electron chi connectivity index (χ4n) is 2.94. The number of anilines is 2. The number of carbonyl (C=O) groups is 1. The maximum Gasteiger partial charge on any atom is 0.212 e. The summed E-state index contributed by atoms with van der Waals surface area (Å²) in [6, 6.07) is 10.8. The third-order valence-electron chi connectivity index (χ3n) is 4.32. The number of rotatable bonds is 5. The smallest absolute Gasteiger partial charge is 0.212 e. The Bertz CT molecular complexity index is 1110. The second-order valence-corrected chi connectivity index (χ2v) is 6.16. The number of aliphatic imine (C=N–C) groups is 1. The lowest BCUT2D eigenvalue weighted by molar-refractivity contribution is 0.101. The molecule has 0 amide bonds. The highest BCUT2D eigenvalue weighted by Gasteiger charge is 2.24. The van der Waals surface area contributed by atoms with E-state index < -0.39 is 0 Å². The predicted molar refractivity (Wildman–Crippen MR) is 107 cm³/mol. The Balaban J connectivity index is 1.72. The van der Waals surface area contributed by atoms with E-state index in [2.05, 4.69) is 15.3 Å². The molecule has 3 aromatic rings. The molecule has 2 N–H and O–H groups in total. The molecule has 0 fully saturated rings. The lowest BCUT2D eigenvalue weighted by atomic mass is 10.1. The Morgan fingerprint density at radius 3 is 2.75 bits per heavy atom. The number of hydrogen-bond acceptors (Lipinski definition) is 7. The Kier molecular flexibility index (Phi) is 4.41. The summed E-state index contributed by atoms with van der Waals surface area (Å²) in [7, 11) is 1.58. The maximum absolute atomic E-state index is 12.1. The lowest BCUT2D eigenvalue weighted by Gasteiger charge is -2.05. The van der Waals surface area contributed by atoms with Crippen LogP contribution in [-0.4, -0.2) is 29.2 Å². The molecule has 0 saturated heterocycles. The van der Waals surface area contributed by atoms with Gasteiger partial charge in [-0.3, -0.25) is 4.79 Å². The number of nitrogens with one attached hydrogen (secondary N) is 1. The first kappa shape index (κ1) is 17.5. The number of hydrogen-bond donors (Lipinski definition) is 2. The van der Waals surface area contributed by atoms with Crippen molar-refractivity contribution in [3.05, 3.63) is 59.5 Å². The van der Waals surface area contributed by atoms with Crippen LogP contribution in [0.25, 0.3) is 11.6 Å². The average Bonchev–Trinajstić information content (AvgIpc) is 3.24. The van der Waals surface area contributed by atoms with E-state index in [1.807, 2.05) is 6.07 Å². The van der Waals surface area contributed by atoms with Crippen molar-refractivity contribution in [3.63, 3.8) is 0 Å². The average molecular weight is 375 g/mol. The number of nitrogens with zero attached hydrogens (tertiary/aromatic N) is 2. The molecule has 140 valence electrons. The minimum atomic E-state index is -0.316. The Labute approximate surface area is 161 Å². The molecule has 0 radical (unpaired) electrons. The number of methoxy groups -OCH3 is 1. The zero-order valence-electron chi connectivity index (χ0n) is 15.3. The van der Waals surface area contributed by atoms with Gasteiger partial charge in [0.1, 0.15) is 11.3 Å². The molecular formula is C21H17N3O4. The van der Waals surface area contributed by atoms with Crippen LogP contribution < -0.4 is 10.1 Å². The van der Waals surface area contributed by atoms with Crippen LogP contribution in [0.4, 0.5) is 17.4 Å². The number of pyridine rings is 1. The summed E-state index contributed by atoms with van der Waals surface area (Å²) in [6.07, 6.45) is 4.94. The summed E-state index contributed by atoms with van der Waals surface area (Å²) in [5, 5.41) is 13.6. The van der Waals surface area contributed by atoms with Gasteiger partial charge in [-0.25, -0.2) is 9.98 Å². The zero-order chi connectivity index (χ0) is 19.7. The molecule has 0 atom stereocenters. The van der Waals surface area contributed by atoms with Crippen LogP contribution in [0, 0.1) is 0 Å². The molecule has 1 aliphatic heterocycles. The molecule has 1 aliphatic rings. The third-order valence-corrected chi connectivity index (χ3v) is 4.32. The summed E-state index contributed by atoms with van der Waals surface area (Å²) >= 11 is 0. The predicted octanol–water partition coefficient (Wildman–Crippen LogP) is 4.59. The standard InChI is InChI=1S/C21H17N3O4/c1-12(25)18-19(26)17(10-13-11-23-20-16(13)4-3-9-22-20)28-21(18)24-14-5-7-15(27-2)8-6-14/h3-11,24,26H,1-2H3. The molecule has 0 bridgehead atoms. The van der Waals surface area contributed by atoms with E-state index in [1.165, 1.54) is 6.92 Å². The highest BCUT2D eigenvalue weighted by molar-refractivity contribution is 6.21. The summed E-state index contributed by atoms with van der Waals surface area (Å²) in [4.78, 5) is 20.5. The van der Waals surface area contributed by atoms with E-state index in [4.69, 9.17) is 9.15 Å². The monoisotopic (exact) mass is 375 g/mol. The normalized spacial score (nSPS) is 13.6. The van der Waals surface area contributed by atoms with Crippen LogP contribution in [0.2, 0.25) is 0 Å². The first-order chi connectivity index (χ1) is 13.6. The van der Waals surface area contributed by atoms with E-state index in [-0.39, 0.29) is 28.7 Å². The van der Waals surface area contributed by atoms with Crippen LogP contribution >= 0.6 is 0 Å². The minimum absolute atomic E-state index is 0.0870. The topological polar surface area (TPSA) is 96.9 Å². The van der Waals surface area contributed by atoms with Gasteiger partial charge in [-0.2, -0.15) is 0 Å². The number of fused-ring (bicyclic) bond motifs is 1. The van der Waals surface area contributed by atoms with Crippen molar-refractivity contribution >= 4 is 41.0 Å². The summed E-state index contributed by atoms with van der Waals surface area (Å²) in [5.74, 6) is 1.11. The molecule has 7 heteroatoms. The van der Waals surface area contributed by atoms with Crippen LogP contribution in [0.15, 0.2) is 52.0 Å². The minimum Gasteiger partial charge on any atom is -0.504 e. The summed E-state index contributed by atoms with van der Waals surface area (Å²) in [5.41, 5.74) is 2.34. The van der Waals surface area contributed by atoms with Crippen molar-refractivity contribution in [2.75, 3.05) is 12.4 Å². The fraction of sp³-hybridized carbons (Fsp3) is 0.0952. The first-order valence-corrected chi connectivity index (χ1v) is 8.55. The van der Waals surface area contributed by atoms with Crippen molar-refractivity contribution in [1.82, 2.24) is 4.98 Å². The van der Waals surface area contributed by atoms with E-state index >= 15 is 0 Å². The summed E-state index contributed by atoms with van der Waals surface area (Å²) < 4.78 is 10.9. The largest absolute Gasteiger partial charge is 0.504 e. The quantitative estimate of drug-likeness (QED) is 0.633. The molecule has 28 heavy (non-hydrogen) atoms. The first-order valence-electron chi connectivity index (χ1n) is 8.55. The molecule has 0 aliphatic carbocycles. The molecule has 0 unspecified atom stereocenters. The van der Waals surface area contributed by atoms with Gasteiger partial charge in [-0.05, 0) is 49.4 Å². The van der Waals surface area contributed by atoms with E-state index in [0.29, 0.717) is 17.3 Å². The van der Waals surface area contributed by atoms with Gasteiger partial charge in [0.25, 0.3) is 0 Å². The van der Waals surface area contributed by atoms with Gasteiger partial charge in [-0.15, -0.1) is 0 Å². The molecule has 1 aromatic carbocycles. The Hall–Kier alpha value is -3.87. The van der Waals surface area contributed by atoms with Gasteiger partial charge in [-0.1, -0.05) is 0 Å². The van der Waals surface area contributed by atoms with Gasteiger partial charge >= 0.3 is 0 Å². The van der Waals surface area contributed by atoms with Gasteiger partial charge < -0.3 is 19.6 Å². The highest BCUT2D eigenvalue weighted by Crippen LogP contribution is 2.39. The van der Waals surface area contributed by atoms with Crippen molar-refractivity contribution in [2.24, 2.45) is 4.99 Å². The third kappa shape index (κ3) is 3.14. The van der Waals surface area contributed by atoms with Gasteiger partial charge in [0.2, 0.25) is 5.88 Å². The number of aromatic nitrogens is 1. The van der Waals surface area contributed by atoms with Gasteiger partial charge in [0.15, 0.2) is 23.1 Å². The molecule has 0 saturated carbocycles. The van der Waals surface area contributed by atoms with Gasteiger partial charge in [0.05, 0.1) is 7.11 Å². The lowest BCUT2D eigenvalue weighted by Crippen LogP contribution is -1.97. The summed E-state index contributed by atoms with van der Waals surface area (Å²) in [6.45, 7) is 1.37. The number of ether oxygens (including phenoxy) is 1. The van der Waals surface area contributed by atoms with Crippen LogP contribution in [0.1, 0.15) is 28.6 Å². The van der Waals surface area contributed by atoms with E-state index in [9.17, 15) is 9.90 Å². The van der Waals surface area contributed by atoms with Crippen LogP contribution in [0.5, 0.6) is 11.5 Å². The van der Waals surface area contributed by atoms with Crippen LogP contribution in [0.3, 0.4) is 0 Å². The number of aromatic hydroxyl groups is 1. The molecule has 4 rings (SSSR count). The van der Waals surface area contributed by atoms with Crippen LogP contribution in [-0.2, 0) is 0 Å². The van der Waals surface area contributed by atoms with Gasteiger partial charge in [0, 0.05) is 29.2 Å². The number of ketones is 1. The number of carbonyl (C=O) groups excluding carboxylic acids is 1. The van der Waals surface area contributed by atoms with Crippen molar-refractivity contribution in [3.8, 4) is 11.5 Å². The number of benzene rings is 1. The van der Waals surface area contributed by atoms with Crippen molar-refractivity contribution in [1.29, 1.82) is 0 Å². The number of allylic oxidation sites excluding steroid dienone is 1. The number of Topliss-reactive ketones (excluding diaryl/α,β-unsaturated/α-hetero) is 1. The van der Waals surface area contributed by atoms with E-state index in [0.717, 1.165) is 11.1 Å². The fourth-order valence-corrected chi connectivity index (χ4v) is 2.94. The Morgan fingerprint density at radius 2 is 2.04 bits per heavy atom. The van der Waals surface area contributed by atoms with E-state index in [1.54, 1.807) is 55.9 Å². The zero-order valence-corrected chi connectivity index (χ0v) is 15.3. The maximum atomic E-state index is 12.1. The second-order valence-electron chi connectivity index (χ2n) is 6.16. The number of furan rings is 1. The molecule has 7 nitrogen and oxygen atoms in total. The van der Waals surface area contributed by atoms with Crippen molar-refractivity contribution < 1.29 is 19.1 Å². The Morgan fingerprint density at radius 1 is 1.25 bits per heavy atom. The SMILES string of the molecule is COc1ccc(Nc2oc(C=C3C=Nc4ncccc43)c(O)c2C(C)=O)cc1. The highest BCUT2D eigenvalue weighted by atomic mass is 16.5. The molecule has 3 heterocycles.